The van der Waals surface area contributed by atoms with Gasteiger partial charge in [0, 0.05) is 18.4 Å². The predicted molar refractivity (Wildman–Crippen MR) is 91.3 cm³/mol. The van der Waals surface area contributed by atoms with Gasteiger partial charge in [-0.25, -0.2) is 9.97 Å². The van der Waals surface area contributed by atoms with Crippen molar-refractivity contribution in [2.45, 2.75) is 64.2 Å². The fourth-order valence-corrected chi connectivity index (χ4v) is 4.03. The van der Waals surface area contributed by atoms with E-state index in [1.807, 2.05) is 0 Å². The molecule has 2 saturated carbocycles. The van der Waals surface area contributed by atoms with Gasteiger partial charge in [-0.3, -0.25) is 0 Å². The highest BCUT2D eigenvalue weighted by molar-refractivity contribution is 14.1. The van der Waals surface area contributed by atoms with E-state index in [0.29, 0.717) is 11.8 Å². The number of anilines is 1. The highest BCUT2D eigenvalue weighted by atomic mass is 127. The molecule has 2 fully saturated rings. The Labute approximate surface area is 135 Å². The lowest BCUT2D eigenvalue weighted by Crippen LogP contribution is -2.12. The Morgan fingerprint density at radius 3 is 2.55 bits per heavy atom. The van der Waals surface area contributed by atoms with Crippen LogP contribution >= 0.6 is 22.6 Å². The third-order valence-corrected chi connectivity index (χ3v) is 5.68. The molecule has 0 aliphatic heterocycles. The van der Waals surface area contributed by atoms with Crippen LogP contribution in [0.1, 0.15) is 75.7 Å². The van der Waals surface area contributed by atoms with Gasteiger partial charge in [0.1, 0.15) is 11.6 Å². The smallest absolute Gasteiger partial charge is 0.143 e. The van der Waals surface area contributed by atoms with Crippen molar-refractivity contribution in [1.82, 2.24) is 9.97 Å². The van der Waals surface area contributed by atoms with E-state index in [1.165, 1.54) is 41.4 Å². The zero-order chi connectivity index (χ0) is 14.1. The minimum Gasteiger partial charge on any atom is -0.369 e. The molecule has 2 aliphatic carbocycles. The number of aromatic nitrogens is 2. The molecule has 0 radical (unpaired) electrons. The topological polar surface area (TPSA) is 37.8 Å². The first kappa shape index (κ1) is 14.5. The number of halogens is 1. The molecule has 1 aromatic rings. The second kappa shape index (κ2) is 6.16. The van der Waals surface area contributed by atoms with Crippen molar-refractivity contribution in [2.24, 2.45) is 5.92 Å². The molecule has 1 aromatic heterocycles. The molecule has 2 aliphatic rings. The van der Waals surface area contributed by atoms with Gasteiger partial charge < -0.3 is 5.32 Å². The average Bonchev–Trinajstić information content (AvgIpc) is 2.95. The van der Waals surface area contributed by atoms with Gasteiger partial charge in [0.15, 0.2) is 0 Å². The molecule has 1 heterocycles. The van der Waals surface area contributed by atoms with Gasteiger partial charge in [0.2, 0.25) is 0 Å². The number of nitrogens with zero attached hydrogens (tertiary/aromatic N) is 2. The molecule has 0 amide bonds. The zero-order valence-corrected chi connectivity index (χ0v) is 14.6. The number of hydrogen-bond acceptors (Lipinski definition) is 3. The van der Waals surface area contributed by atoms with Crippen LogP contribution in [0.25, 0.3) is 0 Å². The van der Waals surface area contributed by atoms with E-state index in [4.69, 9.17) is 9.97 Å². The lowest BCUT2D eigenvalue weighted by atomic mass is 10.0. The molecular formula is C16H24IN3. The first-order valence-corrected chi connectivity index (χ1v) is 9.09. The lowest BCUT2D eigenvalue weighted by molar-refractivity contribution is 0.675. The van der Waals surface area contributed by atoms with Crippen LogP contribution in [0.5, 0.6) is 0 Å². The third-order valence-electron chi connectivity index (χ3n) is 4.62. The van der Waals surface area contributed by atoms with Crippen molar-refractivity contribution in [1.29, 1.82) is 0 Å². The van der Waals surface area contributed by atoms with Gasteiger partial charge in [0.05, 0.1) is 9.26 Å². The van der Waals surface area contributed by atoms with Crippen molar-refractivity contribution >= 4 is 28.4 Å². The summed E-state index contributed by atoms with van der Waals surface area (Å²) in [6.45, 7) is 5.50. The SMILES string of the molecule is CCCNc1nc(C2CC2C)nc(C2CCCC2)c1I. The first-order valence-electron chi connectivity index (χ1n) is 8.02. The van der Waals surface area contributed by atoms with Gasteiger partial charge in [-0.15, -0.1) is 0 Å². The Morgan fingerprint density at radius 2 is 1.95 bits per heavy atom. The summed E-state index contributed by atoms with van der Waals surface area (Å²) >= 11 is 2.45. The van der Waals surface area contributed by atoms with E-state index < -0.39 is 0 Å². The molecular weight excluding hydrogens is 361 g/mol. The quantitative estimate of drug-likeness (QED) is 0.748. The van der Waals surface area contributed by atoms with Crippen LogP contribution in [0, 0.1) is 9.49 Å². The summed E-state index contributed by atoms with van der Waals surface area (Å²) in [4.78, 5) is 9.80. The second-order valence-corrected chi connectivity index (χ2v) is 7.44. The molecule has 0 saturated heterocycles. The largest absolute Gasteiger partial charge is 0.369 e. The molecule has 0 spiro atoms. The summed E-state index contributed by atoms with van der Waals surface area (Å²) in [6, 6.07) is 0. The summed E-state index contributed by atoms with van der Waals surface area (Å²) in [6.07, 6.45) is 7.72. The van der Waals surface area contributed by atoms with Crippen LogP contribution in [0.3, 0.4) is 0 Å². The van der Waals surface area contributed by atoms with Gasteiger partial charge in [-0.2, -0.15) is 0 Å². The Hall–Kier alpha value is -0.390. The molecule has 0 bridgehead atoms. The molecule has 0 aromatic carbocycles. The monoisotopic (exact) mass is 385 g/mol. The molecule has 3 nitrogen and oxygen atoms in total. The number of nitrogens with one attached hydrogen (secondary N) is 1. The summed E-state index contributed by atoms with van der Waals surface area (Å²) in [5.74, 6) is 4.22. The van der Waals surface area contributed by atoms with Crippen molar-refractivity contribution < 1.29 is 0 Å². The fraction of sp³-hybridized carbons (Fsp3) is 0.750. The highest BCUT2D eigenvalue weighted by Gasteiger charge is 2.38. The van der Waals surface area contributed by atoms with Crippen molar-refractivity contribution in [3.05, 3.63) is 15.1 Å². The molecule has 2 atom stereocenters. The third kappa shape index (κ3) is 2.95. The van der Waals surface area contributed by atoms with Crippen LogP contribution in [0.2, 0.25) is 0 Å². The molecule has 110 valence electrons. The number of rotatable bonds is 5. The van der Waals surface area contributed by atoms with E-state index >= 15 is 0 Å². The summed E-state index contributed by atoms with van der Waals surface area (Å²) < 4.78 is 1.26. The van der Waals surface area contributed by atoms with Gasteiger partial charge in [0.25, 0.3) is 0 Å². The van der Waals surface area contributed by atoms with Crippen LogP contribution < -0.4 is 5.32 Å². The normalized spacial score (nSPS) is 25.9. The molecule has 20 heavy (non-hydrogen) atoms. The van der Waals surface area contributed by atoms with Gasteiger partial charge in [-0.1, -0.05) is 26.7 Å². The minimum absolute atomic E-state index is 0.606. The maximum Gasteiger partial charge on any atom is 0.143 e. The molecule has 1 N–H and O–H groups in total. The maximum atomic E-state index is 4.98. The average molecular weight is 385 g/mol. The first-order chi connectivity index (χ1) is 9.70. The standard InChI is InChI=1S/C16H24IN3/c1-3-8-18-16-13(17)14(11-6-4-5-7-11)19-15(20-16)12-9-10(12)2/h10-12H,3-9H2,1-2H3,(H,18,19,20). The molecule has 2 unspecified atom stereocenters. The highest BCUT2D eigenvalue weighted by Crippen LogP contribution is 2.47. The van der Waals surface area contributed by atoms with E-state index in [2.05, 4.69) is 41.8 Å². The Bertz CT molecular complexity index is 483. The van der Waals surface area contributed by atoms with Crippen molar-refractivity contribution in [3.63, 3.8) is 0 Å². The maximum absolute atomic E-state index is 4.98. The Kier molecular flexibility index (Phi) is 4.48. The van der Waals surface area contributed by atoms with Crippen LogP contribution in [-0.2, 0) is 0 Å². The van der Waals surface area contributed by atoms with Crippen LogP contribution in [0.4, 0.5) is 5.82 Å². The van der Waals surface area contributed by atoms with E-state index in [9.17, 15) is 0 Å². The summed E-state index contributed by atoms with van der Waals surface area (Å²) in [5, 5.41) is 3.51. The summed E-state index contributed by atoms with van der Waals surface area (Å²) in [7, 11) is 0. The predicted octanol–water partition coefficient (Wildman–Crippen LogP) is 4.68. The fourth-order valence-electron chi connectivity index (χ4n) is 3.16. The second-order valence-electron chi connectivity index (χ2n) is 6.36. The van der Waals surface area contributed by atoms with E-state index in [1.54, 1.807) is 0 Å². The molecule has 4 heteroatoms. The van der Waals surface area contributed by atoms with E-state index in [-0.39, 0.29) is 0 Å². The zero-order valence-electron chi connectivity index (χ0n) is 12.5. The molecule has 3 rings (SSSR count). The van der Waals surface area contributed by atoms with E-state index in [0.717, 1.165) is 30.5 Å². The van der Waals surface area contributed by atoms with Gasteiger partial charge >= 0.3 is 0 Å². The van der Waals surface area contributed by atoms with Gasteiger partial charge in [-0.05, 0) is 54.2 Å². The van der Waals surface area contributed by atoms with Crippen molar-refractivity contribution in [2.75, 3.05) is 11.9 Å². The van der Waals surface area contributed by atoms with Crippen LogP contribution in [-0.4, -0.2) is 16.5 Å². The Morgan fingerprint density at radius 1 is 1.25 bits per heavy atom. The summed E-state index contributed by atoms with van der Waals surface area (Å²) in [5.41, 5.74) is 1.32. The Balaban J connectivity index is 1.93. The van der Waals surface area contributed by atoms with Crippen molar-refractivity contribution in [3.8, 4) is 0 Å². The minimum atomic E-state index is 0.606. The lowest BCUT2D eigenvalue weighted by Gasteiger charge is -2.16. The van der Waals surface area contributed by atoms with Crippen LogP contribution in [0.15, 0.2) is 0 Å². The number of hydrogen-bond donors (Lipinski definition) is 1.